The lowest BCUT2D eigenvalue weighted by Gasteiger charge is -2.22. The van der Waals surface area contributed by atoms with Crippen LogP contribution in [0.25, 0.3) is 0 Å². The van der Waals surface area contributed by atoms with E-state index in [0.717, 1.165) is 25.0 Å². The Balaban J connectivity index is 2.25. The summed E-state index contributed by atoms with van der Waals surface area (Å²) in [4.78, 5) is 3.86. The molecule has 0 saturated heterocycles. The number of fused-ring (bicyclic) bond motifs is 1. The van der Waals surface area contributed by atoms with Crippen LogP contribution in [0.1, 0.15) is 63.3 Å². The van der Waals surface area contributed by atoms with Gasteiger partial charge in [0.15, 0.2) is 0 Å². The minimum atomic E-state index is -4.39. The van der Waals surface area contributed by atoms with Crippen LogP contribution in [0.4, 0.5) is 13.2 Å². The van der Waals surface area contributed by atoms with Gasteiger partial charge in [0.25, 0.3) is 0 Å². The van der Waals surface area contributed by atoms with E-state index >= 15 is 0 Å². The fraction of sp³-hybridized carbons (Fsp3) is 0.800. The molecule has 0 bridgehead atoms. The summed E-state index contributed by atoms with van der Waals surface area (Å²) in [5.41, 5.74) is 1.32. The van der Waals surface area contributed by atoms with Crippen molar-refractivity contribution in [3.63, 3.8) is 0 Å². The highest BCUT2D eigenvalue weighted by Gasteiger charge is 2.40. The number of alkyl halides is 3. The summed E-state index contributed by atoms with van der Waals surface area (Å²) < 4.78 is 41.2. The molecular formula is C15H24F3N3. The molecule has 3 nitrogen and oxygen atoms in total. The summed E-state index contributed by atoms with van der Waals surface area (Å²) >= 11 is 0. The lowest BCUT2D eigenvalue weighted by molar-refractivity contribution is -0.148. The van der Waals surface area contributed by atoms with Crippen molar-refractivity contribution in [2.45, 2.75) is 65.2 Å². The molecule has 0 radical (unpaired) electrons. The van der Waals surface area contributed by atoms with Gasteiger partial charge in [-0.15, -0.1) is 0 Å². The van der Waals surface area contributed by atoms with Crippen LogP contribution in [0.5, 0.6) is 0 Å². The Hall–Kier alpha value is -1.04. The Morgan fingerprint density at radius 3 is 2.57 bits per heavy atom. The maximum Gasteiger partial charge on any atom is 0.449 e. The van der Waals surface area contributed by atoms with Gasteiger partial charge in [0, 0.05) is 31.2 Å². The third kappa shape index (κ3) is 3.78. The minimum Gasteiger partial charge on any atom is -0.321 e. The Labute approximate surface area is 123 Å². The van der Waals surface area contributed by atoms with Crippen molar-refractivity contribution < 1.29 is 13.2 Å². The molecule has 2 rings (SSSR count). The topological polar surface area (TPSA) is 29.9 Å². The van der Waals surface area contributed by atoms with Crippen molar-refractivity contribution >= 4 is 0 Å². The van der Waals surface area contributed by atoms with E-state index in [9.17, 15) is 13.2 Å². The summed E-state index contributed by atoms with van der Waals surface area (Å²) in [5, 5.41) is 3.09. The molecule has 0 fully saturated rings. The second kappa shape index (κ2) is 6.38. The average molecular weight is 303 g/mol. The fourth-order valence-corrected chi connectivity index (χ4v) is 2.96. The zero-order valence-corrected chi connectivity index (χ0v) is 12.9. The quantitative estimate of drug-likeness (QED) is 0.893. The maximum atomic E-state index is 13.2. The van der Waals surface area contributed by atoms with Crippen LogP contribution < -0.4 is 5.32 Å². The molecule has 0 aliphatic carbocycles. The molecule has 21 heavy (non-hydrogen) atoms. The summed E-state index contributed by atoms with van der Waals surface area (Å²) in [6, 6.07) is -0.158. The first-order valence-electron chi connectivity index (χ1n) is 7.68. The van der Waals surface area contributed by atoms with E-state index in [4.69, 9.17) is 0 Å². The Morgan fingerprint density at radius 2 is 1.95 bits per heavy atom. The first kappa shape index (κ1) is 16.3. The molecule has 120 valence electrons. The number of aromatic nitrogens is 2. The molecule has 0 amide bonds. The smallest absolute Gasteiger partial charge is 0.321 e. The highest BCUT2D eigenvalue weighted by atomic mass is 19.4. The van der Waals surface area contributed by atoms with Gasteiger partial charge < -0.3 is 9.88 Å². The molecule has 1 atom stereocenters. The van der Waals surface area contributed by atoms with Crippen LogP contribution in [0.3, 0.4) is 0 Å². The highest BCUT2D eigenvalue weighted by molar-refractivity contribution is 5.22. The van der Waals surface area contributed by atoms with E-state index in [1.165, 1.54) is 4.57 Å². The van der Waals surface area contributed by atoms with Crippen LogP contribution in [0, 0.1) is 5.92 Å². The molecule has 1 N–H and O–H groups in total. The zero-order valence-electron chi connectivity index (χ0n) is 12.9. The third-order valence-electron chi connectivity index (χ3n) is 4.02. The molecule has 1 aliphatic heterocycles. The van der Waals surface area contributed by atoms with Gasteiger partial charge in [-0.3, -0.25) is 0 Å². The normalized spacial score (nSPS) is 17.1. The van der Waals surface area contributed by atoms with Gasteiger partial charge in [-0.2, -0.15) is 13.2 Å². The van der Waals surface area contributed by atoms with Crippen LogP contribution in [0.2, 0.25) is 0 Å². The van der Waals surface area contributed by atoms with Crippen LogP contribution in [-0.2, 0) is 19.1 Å². The van der Waals surface area contributed by atoms with Crippen LogP contribution >= 0.6 is 0 Å². The number of halogens is 3. The summed E-state index contributed by atoms with van der Waals surface area (Å²) in [6.07, 6.45) is -1.01. The first-order chi connectivity index (χ1) is 9.80. The van der Waals surface area contributed by atoms with Gasteiger partial charge >= 0.3 is 6.18 Å². The molecule has 1 aliphatic rings. The molecule has 0 aromatic carbocycles. The summed E-state index contributed by atoms with van der Waals surface area (Å²) in [6.45, 7) is 7.30. The van der Waals surface area contributed by atoms with Gasteiger partial charge in [-0.05, 0) is 19.3 Å². The molecule has 0 spiro atoms. The largest absolute Gasteiger partial charge is 0.449 e. The van der Waals surface area contributed by atoms with Crippen molar-refractivity contribution in [3.8, 4) is 0 Å². The average Bonchev–Trinajstić information content (AvgIpc) is 2.77. The van der Waals surface area contributed by atoms with E-state index < -0.39 is 12.0 Å². The van der Waals surface area contributed by atoms with E-state index in [1.54, 1.807) is 0 Å². The van der Waals surface area contributed by atoms with Crippen LogP contribution in [-0.4, -0.2) is 16.1 Å². The van der Waals surface area contributed by atoms with Crippen molar-refractivity contribution in [3.05, 3.63) is 17.2 Å². The Bertz CT molecular complexity index is 477. The van der Waals surface area contributed by atoms with E-state index in [1.807, 2.05) is 6.92 Å². The van der Waals surface area contributed by atoms with E-state index in [0.29, 0.717) is 31.1 Å². The second-order valence-corrected chi connectivity index (χ2v) is 6.30. The van der Waals surface area contributed by atoms with Crippen molar-refractivity contribution in [2.75, 3.05) is 6.54 Å². The fourth-order valence-electron chi connectivity index (χ4n) is 2.96. The van der Waals surface area contributed by atoms with E-state index in [2.05, 4.69) is 24.1 Å². The number of nitrogens with zero attached hydrogens (tertiary/aromatic N) is 2. The van der Waals surface area contributed by atoms with Crippen molar-refractivity contribution in [1.29, 1.82) is 0 Å². The summed E-state index contributed by atoms with van der Waals surface area (Å²) in [5.74, 6) is -0.145. The number of imidazole rings is 1. The number of nitrogens with one attached hydrogen (secondary N) is 1. The maximum absolute atomic E-state index is 13.2. The van der Waals surface area contributed by atoms with Gasteiger partial charge in [0.05, 0.1) is 5.69 Å². The lowest BCUT2D eigenvalue weighted by Crippen LogP contribution is -2.26. The van der Waals surface area contributed by atoms with Gasteiger partial charge in [-0.25, -0.2) is 4.98 Å². The number of rotatable bonds is 5. The van der Waals surface area contributed by atoms with Gasteiger partial charge in [-0.1, -0.05) is 26.7 Å². The first-order valence-corrected chi connectivity index (χ1v) is 7.68. The molecule has 1 aromatic rings. The number of hydrogen-bond donors (Lipinski definition) is 1. The number of hydrogen-bond acceptors (Lipinski definition) is 2. The molecule has 6 heteroatoms. The zero-order chi connectivity index (χ0) is 15.6. The SMILES string of the molecule is CC(C)CCCC(C)n1c(C(F)(F)F)nc2c1CCNC2. The second-order valence-electron chi connectivity index (χ2n) is 6.30. The predicted octanol–water partition coefficient (Wildman–Crippen LogP) is 3.93. The van der Waals surface area contributed by atoms with Crippen molar-refractivity contribution in [2.24, 2.45) is 5.92 Å². The highest BCUT2D eigenvalue weighted by Crippen LogP contribution is 2.34. The predicted molar refractivity (Wildman–Crippen MR) is 76.0 cm³/mol. The molecule has 1 aromatic heterocycles. The van der Waals surface area contributed by atoms with Crippen molar-refractivity contribution in [1.82, 2.24) is 14.9 Å². The minimum absolute atomic E-state index is 0.158. The molecular weight excluding hydrogens is 279 g/mol. The third-order valence-corrected chi connectivity index (χ3v) is 4.02. The Morgan fingerprint density at radius 1 is 1.24 bits per heavy atom. The summed E-state index contributed by atoms with van der Waals surface area (Å²) in [7, 11) is 0. The van der Waals surface area contributed by atoms with Crippen LogP contribution in [0.15, 0.2) is 0 Å². The molecule has 0 saturated carbocycles. The molecule has 1 unspecified atom stereocenters. The standard InChI is InChI=1S/C15H24F3N3/c1-10(2)5-4-6-11(3)21-13-7-8-19-9-12(13)20-14(21)15(16,17)18/h10-11,19H,4-9H2,1-3H3. The molecule has 2 heterocycles. The lowest BCUT2D eigenvalue weighted by atomic mass is 10.0. The monoisotopic (exact) mass is 303 g/mol. The van der Waals surface area contributed by atoms with Gasteiger partial charge in [0.1, 0.15) is 0 Å². The van der Waals surface area contributed by atoms with Gasteiger partial charge in [0.2, 0.25) is 5.82 Å². The Kier molecular flexibility index (Phi) is 4.96. The van der Waals surface area contributed by atoms with E-state index in [-0.39, 0.29) is 6.04 Å².